The van der Waals surface area contributed by atoms with Gasteiger partial charge in [-0.1, -0.05) is 24.4 Å². The summed E-state index contributed by atoms with van der Waals surface area (Å²) < 4.78 is 1.50. The molecule has 1 unspecified atom stereocenters. The highest BCUT2D eigenvalue weighted by Crippen LogP contribution is 2.30. The first-order valence-electron chi connectivity index (χ1n) is 12.2. The van der Waals surface area contributed by atoms with Gasteiger partial charge in [0.2, 0.25) is 11.8 Å². The van der Waals surface area contributed by atoms with Gasteiger partial charge >= 0.3 is 0 Å². The number of aromatic amines is 1. The Balaban J connectivity index is 1.38. The number of H-pyrrole nitrogens is 1. The number of hydrogen-bond acceptors (Lipinski definition) is 7. The van der Waals surface area contributed by atoms with Crippen LogP contribution >= 0.6 is 11.6 Å². The minimum atomic E-state index is -0.482. The van der Waals surface area contributed by atoms with Crippen LogP contribution in [0.3, 0.4) is 0 Å². The van der Waals surface area contributed by atoms with Crippen molar-refractivity contribution in [1.29, 1.82) is 0 Å². The molecule has 0 saturated heterocycles. The number of anilines is 1. The van der Waals surface area contributed by atoms with Crippen LogP contribution in [-0.2, 0) is 4.79 Å². The fourth-order valence-corrected chi connectivity index (χ4v) is 4.58. The fraction of sp³-hybridized carbons (Fsp3) is 0.231. The molecular formula is C26H26ClN9O2. The second kappa shape index (κ2) is 11.3. The summed E-state index contributed by atoms with van der Waals surface area (Å²) in [5.41, 5.74) is 9.75. The van der Waals surface area contributed by atoms with Crippen LogP contribution in [0.2, 0.25) is 5.02 Å². The van der Waals surface area contributed by atoms with Crippen LogP contribution in [0.5, 0.6) is 0 Å². The minimum Gasteiger partial charge on any atom is -0.384 e. The van der Waals surface area contributed by atoms with Crippen molar-refractivity contribution < 1.29 is 9.59 Å². The van der Waals surface area contributed by atoms with Crippen molar-refractivity contribution >= 4 is 35.2 Å². The van der Waals surface area contributed by atoms with Crippen LogP contribution in [0.1, 0.15) is 53.5 Å². The maximum atomic E-state index is 13.0. The first-order valence-corrected chi connectivity index (χ1v) is 12.6. The summed E-state index contributed by atoms with van der Waals surface area (Å²) in [4.78, 5) is 32.6. The third kappa shape index (κ3) is 5.73. The van der Waals surface area contributed by atoms with E-state index in [-0.39, 0.29) is 11.9 Å². The lowest BCUT2D eigenvalue weighted by atomic mass is 10.0. The molecule has 5 N–H and O–H groups in total. The van der Waals surface area contributed by atoms with Gasteiger partial charge in [0.1, 0.15) is 12.2 Å². The van der Waals surface area contributed by atoms with Gasteiger partial charge in [0.25, 0.3) is 0 Å². The van der Waals surface area contributed by atoms with Crippen molar-refractivity contribution in [1.82, 2.24) is 35.5 Å². The maximum absolute atomic E-state index is 13.0. The third-order valence-electron chi connectivity index (χ3n) is 6.32. The number of nitrogens with zero attached hydrogens (tertiary/aromatic N) is 5. The number of amides is 2. The quantitative estimate of drug-likeness (QED) is 0.286. The van der Waals surface area contributed by atoms with E-state index >= 15 is 0 Å². The zero-order valence-corrected chi connectivity index (χ0v) is 21.2. The van der Waals surface area contributed by atoms with E-state index in [1.807, 2.05) is 6.07 Å². The van der Waals surface area contributed by atoms with Gasteiger partial charge in [0.05, 0.1) is 23.6 Å². The Morgan fingerprint density at radius 3 is 2.87 bits per heavy atom. The molecule has 2 amide bonds. The fourth-order valence-electron chi connectivity index (χ4n) is 4.40. The molecule has 38 heavy (non-hydrogen) atoms. The second-order valence-corrected chi connectivity index (χ2v) is 9.37. The van der Waals surface area contributed by atoms with Crippen LogP contribution in [0.15, 0.2) is 55.0 Å². The summed E-state index contributed by atoms with van der Waals surface area (Å²) in [6.07, 6.45) is 9.88. The van der Waals surface area contributed by atoms with E-state index in [9.17, 15) is 9.59 Å². The van der Waals surface area contributed by atoms with E-state index in [1.165, 1.54) is 17.1 Å². The molecule has 1 atom stereocenters. The Morgan fingerprint density at radius 1 is 1.16 bits per heavy atom. The Hall–Kier alpha value is -4.51. The van der Waals surface area contributed by atoms with Crippen molar-refractivity contribution in [2.45, 2.75) is 31.7 Å². The Labute approximate surface area is 223 Å². The Morgan fingerprint density at radius 2 is 2.05 bits per heavy atom. The van der Waals surface area contributed by atoms with Gasteiger partial charge in [-0.25, -0.2) is 4.98 Å². The predicted octanol–water partition coefficient (Wildman–Crippen LogP) is 3.66. The highest BCUT2D eigenvalue weighted by Gasteiger charge is 2.19. The molecule has 2 aromatic carbocycles. The summed E-state index contributed by atoms with van der Waals surface area (Å²) in [5, 5.41) is 18.3. The number of rotatable bonds is 5. The number of primary amides is 1. The highest BCUT2D eigenvalue weighted by molar-refractivity contribution is 6.30. The number of halogens is 1. The molecule has 2 bridgehead atoms. The van der Waals surface area contributed by atoms with Crippen molar-refractivity contribution in [3.05, 3.63) is 77.0 Å². The molecule has 5 rings (SSSR count). The lowest BCUT2D eigenvalue weighted by Crippen LogP contribution is -2.27. The number of hydrogen-bond donors (Lipinski definition) is 4. The molecule has 12 heteroatoms. The molecule has 2 aromatic heterocycles. The monoisotopic (exact) mass is 531 g/mol. The van der Waals surface area contributed by atoms with Gasteiger partial charge in [-0.05, 0) is 65.7 Å². The molecule has 1 aliphatic heterocycles. The predicted molar refractivity (Wildman–Crippen MR) is 144 cm³/mol. The lowest BCUT2D eigenvalue weighted by Gasteiger charge is -2.17. The average molecular weight is 532 g/mol. The highest BCUT2D eigenvalue weighted by atomic mass is 35.5. The number of benzene rings is 2. The number of carbonyl (C=O) groups excluding carboxylic acids is 2. The van der Waals surface area contributed by atoms with Crippen molar-refractivity contribution in [3.63, 3.8) is 0 Å². The van der Waals surface area contributed by atoms with E-state index in [1.54, 1.807) is 42.6 Å². The molecule has 0 radical (unpaired) electrons. The van der Waals surface area contributed by atoms with Crippen LogP contribution < -0.4 is 16.4 Å². The summed E-state index contributed by atoms with van der Waals surface area (Å²) in [5.74, 6) is -0.0927. The van der Waals surface area contributed by atoms with Crippen molar-refractivity contribution in [3.8, 4) is 16.9 Å². The van der Waals surface area contributed by atoms with Crippen molar-refractivity contribution in [2.75, 3.05) is 11.9 Å². The zero-order valence-electron chi connectivity index (χ0n) is 20.4. The largest absolute Gasteiger partial charge is 0.384 e. The molecule has 1 aliphatic rings. The van der Waals surface area contributed by atoms with E-state index in [0.717, 1.165) is 49.2 Å². The molecular weight excluding hydrogens is 506 g/mol. The van der Waals surface area contributed by atoms with Crippen LogP contribution in [-0.4, -0.2) is 48.5 Å². The Kier molecular flexibility index (Phi) is 7.45. The minimum absolute atomic E-state index is 0.268. The second-order valence-electron chi connectivity index (χ2n) is 8.93. The summed E-state index contributed by atoms with van der Waals surface area (Å²) in [7, 11) is 0. The van der Waals surface area contributed by atoms with Gasteiger partial charge in [0.15, 0.2) is 0 Å². The normalized spacial score (nSPS) is 15.7. The van der Waals surface area contributed by atoms with Gasteiger partial charge < -0.3 is 21.4 Å². The SMILES string of the molecule is NC(=O)c1ccc2c(c1)NCCCCCC(NC(=O)C=Cc1cc(Cl)ccc1-n1cnnn1)c1ncc-2[nH]1. The molecule has 0 aliphatic carbocycles. The topological polar surface area (TPSA) is 156 Å². The van der Waals surface area contributed by atoms with Crippen LogP contribution in [0.4, 0.5) is 5.69 Å². The zero-order chi connectivity index (χ0) is 26.5. The van der Waals surface area contributed by atoms with E-state index in [4.69, 9.17) is 17.3 Å². The number of aromatic nitrogens is 6. The summed E-state index contributed by atoms with van der Waals surface area (Å²) in [6, 6.07) is 10.2. The average Bonchev–Trinajstić information content (AvgIpc) is 3.61. The number of imidazole rings is 1. The molecule has 3 heterocycles. The smallest absolute Gasteiger partial charge is 0.248 e. The standard InChI is InChI=1S/C26H26ClN9O2/c27-18-7-9-23(36-15-31-34-35-36)16(12-18)6-10-24(37)32-20-4-2-1-3-11-29-21-13-17(25(28)38)5-8-19(21)22-14-30-26(20)33-22/h5-10,12-15,20,29H,1-4,11H2,(H2,28,38)(H,30,33)(H,32,37). The van der Waals surface area contributed by atoms with E-state index in [2.05, 4.69) is 36.1 Å². The third-order valence-corrected chi connectivity index (χ3v) is 6.56. The maximum Gasteiger partial charge on any atom is 0.248 e. The molecule has 0 fully saturated rings. The molecule has 11 nitrogen and oxygen atoms in total. The van der Waals surface area contributed by atoms with Gasteiger partial charge in [-0.3, -0.25) is 9.59 Å². The van der Waals surface area contributed by atoms with Crippen LogP contribution in [0.25, 0.3) is 23.0 Å². The van der Waals surface area contributed by atoms with Gasteiger partial charge in [-0.15, -0.1) is 5.10 Å². The van der Waals surface area contributed by atoms with Crippen LogP contribution in [0, 0.1) is 0 Å². The number of carbonyl (C=O) groups is 2. The first kappa shape index (κ1) is 25.2. The van der Waals surface area contributed by atoms with Crippen molar-refractivity contribution in [2.24, 2.45) is 5.73 Å². The van der Waals surface area contributed by atoms with Gasteiger partial charge in [0, 0.05) is 40.0 Å². The lowest BCUT2D eigenvalue weighted by molar-refractivity contribution is -0.117. The number of tetrazole rings is 1. The first-order chi connectivity index (χ1) is 18.5. The molecule has 0 spiro atoms. The van der Waals surface area contributed by atoms with Gasteiger partial charge in [-0.2, -0.15) is 4.68 Å². The summed E-state index contributed by atoms with van der Waals surface area (Å²) in [6.45, 7) is 0.749. The molecule has 0 saturated carbocycles. The summed E-state index contributed by atoms with van der Waals surface area (Å²) >= 11 is 6.19. The number of nitrogens with two attached hydrogens (primary N) is 1. The number of nitrogens with one attached hydrogen (secondary N) is 3. The Bertz CT molecular complexity index is 1480. The molecule has 4 aromatic rings. The van der Waals surface area contributed by atoms with E-state index in [0.29, 0.717) is 27.7 Å². The number of fused-ring (bicyclic) bond motifs is 4. The molecule has 194 valence electrons. The van der Waals surface area contributed by atoms with E-state index < -0.39 is 5.91 Å².